The molecule has 0 spiro atoms. The summed E-state index contributed by atoms with van der Waals surface area (Å²) >= 11 is 0. The van der Waals surface area contributed by atoms with Crippen LogP contribution < -0.4 is 14.8 Å². The molecule has 2 N–H and O–H groups in total. The van der Waals surface area contributed by atoms with E-state index in [1.807, 2.05) is 18.2 Å². The minimum absolute atomic E-state index is 0.00844. The summed E-state index contributed by atoms with van der Waals surface area (Å²) in [5, 5.41) is 2.74. The first kappa shape index (κ1) is 20.4. The summed E-state index contributed by atoms with van der Waals surface area (Å²) in [6, 6.07) is 15.3. The van der Waals surface area contributed by atoms with Crippen LogP contribution in [0.2, 0.25) is 0 Å². The number of amides is 1. The number of sulfonamides is 1. The summed E-state index contributed by atoms with van der Waals surface area (Å²) in [4.78, 5) is 12.5. The summed E-state index contributed by atoms with van der Waals surface area (Å²) in [5.41, 5.74) is 0.519. The van der Waals surface area contributed by atoms with Crippen LogP contribution >= 0.6 is 0 Å². The lowest BCUT2D eigenvalue weighted by Gasteiger charge is -2.22. The molecular formula is C21H26N2O4S. The molecule has 1 fully saturated rings. The summed E-state index contributed by atoms with van der Waals surface area (Å²) < 4.78 is 33.4. The van der Waals surface area contributed by atoms with Crippen molar-refractivity contribution in [3.63, 3.8) is 0 Å². The average molecular weight is 403 g/mol. The van der Waals surface area contributed by atoms with Crippen molar-refractivity contribution in [1.82, 2.24) is 4.72 Å². The fourth-order valence-corrected chi connectivity index (χ4v) is 4.53. The summed E-state index contributed by atoms with van der Waals surface area (Å²) in [7, 11) is -3.55. The average Bonchev–Trinajstić information content (AvgIpc) is 2.69. The van der Waals surface area contributed by atoms with Crippen LogP contribution in [0.25, 0.3) is 0 Å². The predicted octanol–water partition coefficient (Wildman–Crippen LogP) is 3.70. The summed E-state index contributed by atoms with van der Waals surface area (Å²) in [6.07, 6.45) is 4.36. The van der Waals surface area contributed by atoms with Crippen LogP contribution in [0.3, 0.4) is 0 Å². The number of hydrogen-bond acceptors (Lipinski definition) is 4. The number of carbonyl (C=O) groups excluding carboxylic acids is 1. The zero-order valence-electron chi connectivity index (χ0n) is 15.9. The van der Waals surface area contributed by atoms with Crippen molar-refractivity contribution < 1.29 is 17.9 Å². The molecule has 3 rings (SSSR count). The SMILES string of the molecule is C[C@H](Oc1ccccc1)C(=O)Nc1ccc(S(=O)(=O)NC2CCCCC2)cc1. The zero-order chi connectivity index (χ0) is 20.0. The van der Waals surface area contributed by atoms with Crippen LogP contribution in [0.15, 0.2) is 59.5 Å². The third-order valence-corrected chi connectivity index (χ3v) is 6.32. The topological polar surface area (TPSA) is 84.5 Å². The van der Waals surface area contributed by atoms with Gasteiger partial charge in [0, 0.05) is 11.7 Å². The molecule has 2 aromatic carbocycles. The highest BCUT2D eigenvalue weighted by Crippen LogP contribution is 2.21. The van der Waals surface area contributed by atoms with Crippen molar-refractivity contribution in [3.05, 3.63) is 54.6 Å². The van der Waals surface area contributed by atoms with Crippen molar-refractivity contribution in [1.29, 1.82) is 0 Å². The van der Waals surface area contributed by atoms with E-state index >= 15 is 0 Å². The van der Waals surface area contributed by atoms with E-state index in [2.05, 4.69) is 10.0 Å². The van der Waals surface area contributed by atoms with Crippen molar-refractivity contribution >= 4 is 21.6 Å². The number of carbonyl (C=O) groups is 1. The molecule has 7 heteroatoms. The van der Waals surface area contributed by atoms with E-state index in [9.17, 15) is 13.2 Å². The fourth-order valence-electron chi connectivity index (χ4n) is 3.23. The molecule has 1 atom stereocenters. The van der Waals surface area contributed by atoms with Crippen LogP contribution in [-0.4, -0.2) is 26.5 Å². The van der Waals surface area contributed by atoms with Crippen LogP contribution in [-0.2, 0) is 14.8 Å². The first-order valence-corrected chi connectivity index (χ1v) is 11.1. The van der Waals surface area contributed by atoms with Crippen molar-refractivity contribution in [3.8, 4) is 5.75 Å². The second-order valence-corrected chi connectivity index (χ2v) is 8.76. The quantitative estimate of drug-likeness (QED) is 0.739. The van der Waals surface area contributed by atoms with E-state index < -0.39 is 16.1 Å². The fraction of sp³-hybridized carbons (Fsp3) is 0.381. The van der Waals surface area contributed by atoms with Crippen LogP contribution in [0, 0.1) is 0 Å². The number of nitrogens with one attached hydrogen (secondary N) is 2. The maximum absolute atomic E-state index is 12.5. The van der Waals surface area contributed by atoms with E-state index in [4.69, 9.17) is 4.74 Å². The van der Waals surface area contributed by atoms with Gasteiger partial charge >= 0.3 is 0 Å². The van der Waals surface area contributed by atoms with Crippen molar-refractivity contribution in [2.45, 2.75) is 56.1 Å². The molecule has 1 saturated carbocycles. The largest absolute Gasteiger partial charge is 0.481 e. The molecule has 0 saturated heterocycles. The first-order valence-electron chi connectivity index (χ1n) is 9.59. The van der Waals surface area contributed by atoms with Gasteiger partial charge in [0.1, 0.15) is 5.75 Å². The molecule has 1 aliphatic rings. The highest BCUT2D eigenvalue weighted by Gasteiger charge is 2.22. The van der Waals surface area contributed by atoms with E-state index in [0.717, 1.165) is 25.7 Å². The molecular weight excluding hydrogens is 376 g/mol. The maximum atomic E-state index is 12.5. The van der Waals surface area contributed by atoms with Gasteiger partial charge in [0.25, 0.3) is 5.91 Å². The van der Waals surface area contributed by atoms with Gasteiger partial charge in [0.2, 0.25) is 10.0 Å². The second kappa shape index (κ2) is 9.21. The van der Waals surface area contributed by atoms with Crippen LogP contribution in [0.4, 0.5) is 5.69 Å². The van der Waals surface area contributed by atoms with Gasteiger partial charge < -0.3 is 10.1 Å². The van der Waals surface area contributed by atoms with Crippen LogP contribution in [0.5, 0.6) is 5.75 Å². The molecule has 2 aromatic rings. The Labute approximate surface area is 166 Å². The summed E-state index contributed by atoms with van der Waals surface area (Å²) in [5.74, 6) is 0.306. The number of benzene rings is 2. The second-order valence-electron chi connectivity index (χ2n) is 7.04. The zero-order valence-corrected chi connectivity index (χ0v) is 16.7. The Morgan fingerprint density at radius 2 is 1.64 bits per heavy atom. The van der Waals surface area contributed by atoms with E-state index in [1.165, 1.54) is 18.6 Å². The lowest BCUT2D eigenvalue weighted by Crippen LogP contribution is -2.36. The molecule has 0 aliphatic heterocycles. The van der Waals surface area contributed by atoms with Gasteiger partial charge in [-0.1, -0.05) is 37.5 Å². The van der Waals surface area contributed by atoms with Crippen molar-refractivity contribution in [2.24, 2.45) is 0 Å². The Hall–Kier alpha value is -2.38. The maximum Gasteiger partial charge on any atom is 0.265 e. The Morgan fingerprint density at radius 3 is 2.29 bits per heavy atom. The minimum atomic E-state index is -3.55. The Kier molecular flexibility index (Phi) is 6.70. The monoisotopic (exact) mass is 402 g/mol. The van der Waals surface area contributed by atoms with Gasteiger partial charge in [0.15, 0.2) is 6.10 Å². The number of para-hydroxylation sites is 1. The van der Waals surface area contributed by atoms with Gasteiger partial charge in [-0.05, 0) is 56.2 Å². The number of hydrogen-bond donors (Lipinski definition) is 2. The normalized spacial score (nSPS) is 16.3. The van der Waals surface area contributed by atoms with Crippen molar-refractivity contribution in [2.75, 3.05) is 5.32 Å². The molecule has 0 radical (unpaired) electrons. The van der Waals surface area contributed by atoms with Crippen LogP contribution in [0.1, 0.15) is 39.0 Å². The van der Waals surface area contributed by atoms with E-state index in [0.29, 0.717) is 11.4 Å². The molecule has 0 aromatic heterocycles. The highest BCUT2D eigenvalue weighted by molar-refractivity contribution is 7.89. The van der Waals surface area contributed by atoms with Gasteiger partial charge in [-0.25, -0.2) is 13.1 Å². The lowest BCUT2D eigenvalue weighted by molar-refractivity contribution is -0.122. The minimum Gasteiger partial charge on any atom is -0.481 e. The third kappa shape index (κ3) is 5.56. The standard InChI is InChI=1S/C21H26N2O4S/c1-16(27-19-10-6-3-7-11-19)21(24)22-17-12-14-20(15-13-17)28(25,26)23-18-8-4-2-5-9-18/h3,6-7,10-16,18,23H,2,4-5,8-9H2,1H3,(H,22,24)/t16-/m0/s1. The van der Waals surface area contributed by atoms with E-state index in [-0.39, 0.29) is 16.8 Å². The van der Waals surface area contributed by atoms with Gasteiger partial charge in [-0.15, -0.1) is 0 Å². The molecule has 0 heterocycles. The molecule has 0 bridgehead atoms. The number of anilines is 1. The summed E-state index contributed by atoms with van der Waals surface area (Å²) in [6.45, 7) is 1.66. The Balaban J connectivity index is 1.58. The first-order chi connectivity index (χ1) is 13.4. The Morgan fingerprint density at radius 1 is 1.00 bits per heavy atom. The highest BCUT2D eigenvalue weighted by atomic mass is 32.2. The van der Waals surface area contributed by atoms with Gasteiger partial charge in [0.05, 0.1) is 4.90 Å². The number of ether oxygens (including phenoxy) is 1. The molecule has 150 valence electrons. The van der Waals surface area contributed by atoms with Gasteiger partial charge in [-0.3, -0.25) is 4.79 Å². The lowest BCUT2D eigenvalue weighted by atomic mass is 9.96. The van der Waals surface area contributed by atoms with Gasteiger partial charge in [-0.2, -0.15) is 0 Å². The number of rotatable bonds is 7. The molecule has 28 heavy (non-hydrogen) atoms. The molecule has 1 aliphatic carbocycles. The molecule has 1 amide bonds. The smallest absolute Gasteiger partial charge is 0.265 e. The Bertz CT molecular complexity index is 876. The molecule has 0 unspecified atom stereocenters. The predicted molar refractivity (Wildman–Crippen MR) is 109 cm³/mol. The third-order valence-electron chi connectivity index (χ3n) is 4.78. The molecule has 6 nitrogen and oxygen atoms in total. The van der Waals surface area contributed by atoms with E-state index in [1.54, 1.807) is 31.2 Å².